The van der Waals surface area contributed by atoms with Crippen LogP contribution in [-0.4, -0.2) is 13.2 Å². The van der Waals surface area contributed by atoms with Gasteiger partial charge in [0.05, 0.1) is 7.11 Å². The van der Waals surface area contributed by atoms with Gasteiger partial charge in [0.2, 0.25) is 0 Å². The first-order valence-electron chi connectivity index (χ1n) is 5.91. The van der Waals surface area contributed by atoms with Crippen LogP contribution in [0.15, 0.2) is 18.2 Å². The fourth-order valence-corrected chi connectivity index (χ4v) is 2.99. The Morgan fingerprint density at radius 3 is 2.76 bits per heavy atom. The zero-order valence-electron chi connectivity index (χ0n) is 10.8. The third-order valence-electron chi connectivity index (χ3n) is 2.91. The topological polar surface area (TPSA) is 21.3 Å². The first-order valence-corrected chi connectivity index (χ1v) is 6.73. The number of nitrogens with one attached hydrogen (secondary N) is 1. The molecular formula is C14H19NOS. The van der Waals surface area contributed by atoms with Crippen molar-refractivity contribution in [1.29, 1.82) is 0 Å². The molecule has 2 rings (SSSR count). The van der Waals surface area contributed by atoms with E-state index in [0.717, 1.165) is 12.3 Å². The lowest BCUT2D eigenvalue weighted by Gasteiger charge is -2.06. The highest BCUT2D eigenvalue weighted by atomic mass is 32.1. The van der Waals surface area contributed by atoms with Crippen LogP contribution in [-0.2, 0) is 6.54 Å². The van der Waals surface area contributed by atoms with Crippen molar-refractivity contribution in [2.75, 3.05) is 7.11 Å². The lowest BCUT2D eigenvalue weighted by atomic mass is 10.1. The standard InChI is InChI=1S/C14H19NOS/c1-9(2)15-8-14-10(3)12-7-11(16-4)5-6-13(12)17-14/h5-7,9,15H,8H2,1-4H3. The minimum Gasteiger partial charge on any atom is -0.497 e. The molecule has 17 heavy (non-hydrogen) atoms. The predicted octanol–water partition coefficient (Wildman–Crippen LogP) is 3.72. The van der Waals surface area contributed by atoms with Crippen molar-refractivity contribution in [2.45, 2.75) is 33.4 Å². The van der Waals surface area contributed by atoms with E-state index in [4.69, 9.17) is 4.74 Å². The zero-order chi connectivity index (χ0) is 12.4. The van der Waals surface area contributed by atoms with E-state index >= 15 is 0 Å². The molecular weight excluding hydrogens is 230 g/mol. The van der Waals surface area contributed by atoms with Crippen LogP contribution in [0, 0.1) is 6.92 Å². The van der Waals surface area contributed by atoms with Crippen molar-refractivity contribution in [2.24, 2.45) is 0 Å². The molecule has 0 aliphatic rings. The lowest BCUT2D eigenvalue weighted by molar-refractivity contribution is 0.415. The molecule has 1 heterocycles. The van der Waals surface area contributed by atoms with Gasteiger partial charge in [-0.1, -0.05) is 13.8 Å². The van der Waals surface area contributed by atoms with E-state index < -0.39 is 0 Å². The van der Waals surface area contributed by atoms with Crippen LogP contribution in [0.2, 0.25) is 0 Å². The van der Waals surface area contributed by atoms with Crippen LogP contribution < -0.4 is 10.1 Å². The third kappa shape index (κ3) is 2.61. The molecule has 0 aliphatic carbocycles. The summed E-state index contributed by atoms with van der Waals surface area (Å²) in [6, 6.07) is 6.82. The van der Waals surface area contributed by atoms with E-state index in [1.165, 1.54) is 20.5 Å². The molecule has 0 radical (unpaired) electrons. The summed E-state index contributed by atoms with van der Waals surface area (Å²) < 4.78 is 6.61. The second kappa shape index (κ2) is 5.07. The highest BCUT2D eigenvalue weighted by Crippen LogP contribution is 2.33. The van der Waals surface area contributed by atoms with Crippen LogP contribution in [0.4, 0.5) is 0 Å². The minimum absolute atomic E-state index is 0.522. The molecule has 0 bridgehead atoms. The molecule has 0 saturated carbocycles. The second-order valence-corrected chi connectivity index (χ2v) is 5.68. The summed E-state index contributed by atoms with van der Waals surface area (Å²) in [5.74, 6) is 0.932. The Morgan fingerprint density at radius 2 is 2.12 bits per heavy atom. The number of benzene rings is 1. The molecule has 3 heteroatoms. The van der Waals surface area contributed by atoms with Crippen molar-refractivity contribution in [3.63, 3.8) is 0 Å². The monoisotopic (exact) mass is 249 g/mol. The number of hydrogen-bond donors (Lipinski definition) is 1. The van der Waals surface area contributed by atoms with Gasteiger partial charge in [0, 0.05) is 22.2 Å². The maximum absolute atomic E-state index is 5.27. The maximum Gasteiger partial charge on any atom is 0.119 e. The Bertz CT molecular complexity index is 516. The Hall–Kier alpha value is -1.06. The van der Waals surface area contributed by atoms with E-state index in [9.17, 15) is 0 Å². The highest BCUT2D eigenvalue weighted by Gasteiger charge is 2.09. The molecule has 2 nitrogen and oxygen atoms in total. The summed E-state index contributed by atoms with van der Waals surface area (Å²) in [4.78, 5) is 1.42. The van der Waals surface area contributed by atoms with Gasteiger partial charge in [-0.15, -0.1) is 11.3 Å². The van der Waals surface area contributed by atoms with Crippen molar-refractivity contribution in [1.82, 2.24) is 5.32 Å². The molecule has 1 aromatic heterocycles. The number of rotatable bonds is 4. The van der Waals surface area contributed by atoms with Gasteiger partial charge >= 0.3 is 0 Å². The van der Waals surface area contributed by atoms with Crippen LogP contribution in [0.1, 0.15) is 24.3 Å². The molecule has 0 saturated heterocycles. The quantitative estimate of drug-likeness (QED) is 0.891. The number of hydrogen-bond acceptors (Lipinski definition) is 3. The molecule has 0 fully saturated rings. The van der Waals surface area contributed by atoms with E-state index in [2.05, 4.69) is 38.2 Å². The number of aryl methyl sites for hydroxylation is 1. The number of ether oxygens (including phenoxy) is 1. The van der Waals surface area contributed by atoms with Crippen LogP contribution in [0.5, 0.6) is 5.75 Å². The average molecular weight is 249 g/mol. The largest absolute Gasteiger partial charge is 0.497 e. The molecule has 0 atom stereocenters. The van der Waals surface area contributed by atoms with Gasteiger partial charge in [0.1, 0.15) is 5.75 Å². The SMILES string of the molecule is COc1ccc2sc(CNC(C)C)c(C)c2c1. The molecule has 1 N–H and O–H groups in total. The van der Waals surface area contributed by atoms with Gasteiger partial charge in [0.25, 0.3) is 0 Å². The highest BCUT2D eigenvalue weighted by molar-refractivity contribution is 7.19. The van der Waals surface area contributed by atoms with Crippen molar-refractivity contribution in [3.8, 4) is 5.75 Å². The van der Waals surface area contributed by atoms with E-state index in [1.54, 1.807) is 7.11 Å². The van der Waals surface area contributed by atoms with Crippen LogP contribution in [0.3, 0.4) is 0 Å². The molecule has 1 aromatic carbocycles. The van der Waals surface area contributed by atoms with Crippen molar-refractivity contribution >= 4 is 21.4 Å². The molecule has 2 aromatic rings. The molecule has 0 aliphatic heterocycles. The van der Waals surface area contributed by atoms with Gasteiger partial charge in [-0.25, -0.2) is 0 Å². The lowest BCUT2D eigenvalue weighted by Crippen LogP contribution is -2.21. The molecule has 0 unspecified atom stereocenters. The smallest absolute Gasteiger partial charge is 0.119 e. The Labute approximate surface area is 107 Å². The Kier molecular flexibility index (Phi) is 3.69. The van der Waals surface area contributed by atoms with Gasteiger partial charge in [-0.2, -0.15) is 0 Å². The summed E-state index contributed by atoms with van der Waals surface area (Å²) in [5, 5.41) is 4.79. The summed E-state index contributed by atoms with van der Waals surface area (Å²) in [6.45, 7) is 7.48. The van der Waals surface area contributed by atoms with Gasteiger partial charge in [-0.05, 0) is 36.1 Å². The van der Waals surface area contributed by atoms with Crippen LogP contribution in [0.25, 0.3) is 10.1 Å². The first kappa shape index (κ1) is 12.4. The van der Waals surface area contributed by atoms with Crippen molar-refractivity contribution in [3.05, 3.63) is 28.6 Å². The fourth-order valence-electron chi connectivity index (χ4n) is 1.84. The third-order valence-corrected chi connectivity index (χ3v) is 4.19. The summed E-state index contributed by atoms with van der Waals surface area (Å²) in [7, 11) is 1.71. The second-order valence-electron chi connectivity index (χ2n) is 4.55. The zero-order valence-corrected chi connectivity index (χ0v) is 11.6. The van der Waals surface area contributed by atoms with E-state index in [-0.39, 0.29) is 0 Å². The average Bonchev–Trinajstić information content (AvgIpc) is 2.63. The minimum atomic E-state index is 0.522. The van der Waals surface area contributed by atoms with E-state index in [0.29, 0.717) is 6.04 Å². The number of fused-ring (bicyclic) bond motifs is 1. The normalized spacial score (nSPS) is 11.4. The van der Waals surface area contributed by atoms with Gasteiger partial charge in [0.15, 0.2) is 0 Å². The molecule has 0 amide bonds. The Balaban J connectivity index is 2.35. The summed E-state index contributed by atoms with van der Waals surface area (Å²) in [6.07, 6.45) is 0. The molecule has 92 valence electrons. The van der Waals surface area contributed by atoms with Crippen LogP contribution >= 0.6 is 11.3 Å². The van der Waals surface area contributed by atoms with E-state index in [1.807, 2.05) is 17.4 Å². The van der Waals surface area contributed by atoms with Crippen molar-refractivity contribution < 1.29 is 4.74 Å². The Morgan fingerprint density at radius 1 is 1.35 bits per heavy atom. The maximum atomic E-state index is 5.27. The van der Waals surface area contributed by atoms with Gasteiger partial charge < -0.3 is 10.1 Å². The summed E-state index contributed by atoms with van der Waals surface area (Å²) >= 11 is 1.87. The number of thiophene rings is 1. The fraction of sp³-hybridized carbons (Fsp3) is 0.429. The predicted molar refractivity (Wildman–Crippen MR) is 75.1 cm³/mol. The van der Waals surface area contributed by atoms with Gasteiger partial charge in [-0.3, -0.25) is 0 Å². The number of methoxy groups -OCH3 is 1. The molecule has 0 spiro atoms. The first-order chi connectivity index (χ1) is 8.11. The summed E-state index contributed by atoms with van der Waals surface area (Å²) in [5.41, 5.74) is 1.37.